The zero-order valence-corrected chi connectivity index (χ0v) is 13.4. The molecular weight excluding hydrogens is 326 g/mol. The summed E-state index contributed by atoms with van der Waals surface area (Å²) in [4.78, 5) is 28.6. The highest BCUT2D eigenvalue weighted by Crippen LogP contribution is 2.24. The van der Waals surface area contributed by atoms with Crippen molar-refractivity contribution in [2.45, 2.75) is 19.1 Å². The molecule has 0 spiro atoms. The SMILES string of the molecule is O=C1O[C@@H](C(=O)OCc2nc3ccccc3s2)Cc2ccccc21. The fourth-order valence-corrected chi connectivity index (χ4v) is 3.55. The van der Waals surface area contributed by atoms with Crippen LogP contribution in [0.1, 0.15) is 20.9 Å². The van der Waals surface area contributed by atoms with E-state index in [9.17, 15) is 9.59 Å². The molecule has 0 saturated heterocycles. The Morgan fingerprint density at radius 1 is 1.21 bits per heavy atom. The smallest absolute Gasteiger partial charge is 0.348 e. The van der Waals surface area contributed by atoms with Crippen LogP contribution in [0.2, 0.25) is 0 Å². The van der Waals surface area contributed by atoms with Crippen LogP contribution >= 0.6 is 11.3 Å². The number of carbonyl (C=O) groups is 2. The van der Waals surface area contributed by atoms with E-state index in [1.807, 2.05) is 36.4 Å². The lowest BCUT2D eigenvalue weighted by Crippen LogP contribution is -2.35. The Morgan fingerprint density at radius 3 is 2.88 bits per heavy atom. The van der Waals surface area contributed by atoms with Gasteiger partial charge in [-0.2, -0.15) is 0 Å². The van der Waals surface area contributed by atoms with E-state index in [-0.39, 0.29) is 6.61 Å². The lowest BCUT2D eigenvalue weighted by molar-refractivity contribution is -0.155. The Bertz CT molecular complexity index is 900. The van der Waals surface area contributed by atoms with Crippen molar-refractivity contribution in [2.24, 2.45) is 0 Å². The molecule has 0 saturated carbocycles. The van der Waals surface area contributed by atoms with Crippen molar-refractivity contribution in [3.63, 3.8) is 0 Å². The van der Waals surface area contributed by atoms with Gasteiger partial charge in [0.1, 0.15) is 11.6 Å². The lowest BCUT2D eigenvalue weighted by Gasteiger charge is -2.22. The Kier molecular flexibility index (Phi) is 3.74. The predicted octanol–water partition coefficient (Wildman–Crippen LogP) is 3.12. The highest BCUT2D eigenvalue weighted by molar-refractivity contribution is 7.18. The van der Waals surface area contributed by atoms with Crippen molar-refractivity contribution in [2.75, 3.05) is 0 Å². The van der Waals surface area contributed by atoms with Gasteiger partial charge in [-0.05, 0) is 23.8 Å². The summed E-state index contributed by atoms with van der Waals surface area (Å²) in [5, 5.41) is 0.715. The van der Waals surface area contributed by atoms with E-state index >= 15 is 0 Å². The number of thiazole rings is 1. The highest BCUT2D eigenvalue weighted by atomic mass is 32.1. The van der Waals surface area contributed by atoms with Gasteiger partial charge in [-0.15, -0.1) is 11.3 Å². The van der Waals surface area contributed by atoms with Gasteiger partial charge in [0.05, 0.1) is 15.8 Å². The quantitative estimate of drug-likeness (QED) is 0.686. The van der Waals surface area contributed by atoms with Crippen molar-refractivity contribution in [1.82, 2.24) is 4.98 Å². The fourth-order valence-electron chi connectivity index (χ4n) is 2.67. The molecule has 120 valence electrons. The average Bonchev–Trinajstić information content (AvgIpc) is 3.02. The summed E-state index contributed by atoms with van der Waals surface area (Å²) >= 11 is 1.48. The van der Waals surface area contributed by atoms with Crippen molar-refractivity contribution in [3.8, 4) is 0 Å². The molecule has 1 aliphatic rings. The highest BCUT2D eigenvalue weighted by Gasteiger charge is 2.32. The van der Waals surface area contributed by atoms with Crippen molar-refractivity contribution in [3.05, 3.63) is 64.7 Å². The standard InChI is InChI=1S/C18H13NO4S/c20-17-12-6-2-1-5-11(12)9-14(23-17)18(21)22-10-16-19-13-7-3-4-8-15(13)24-16/h1-8,14H,9-10H2/t14-/m1/s1. The average molecular weight is 339 g/mol. The van der Waals surface area contributed by atoms with Gasteiger partial charge in [-0.3, -0.25) is 0 Å². The second kappa shape index (κ2) is 6.05. The molecule has 0 amide bonds. The van der Waals surface area contributed by atoms with Gasteiger partial charge in [0.15, 0.2) is 0 Å². The van der Waals surface area contributed by atoms with Crippen LogP contribution in [0.25, 0.3) is 10.2 Å². The molecule has 1 aromatic heterocycles. The van der Waals surface area contributed by atoms with Crippen LogP contribution in [0.15, 0.2) is 48.5 Å². The maximum Gasteiger partial charge on any atom is 0.348 e. The van der Waals surface area contributed by atoms with Gasteiger partial charge in [-0.1, -0.05) is 30.3 Å². The molecule has 2 heterocycles. The molecule has 3 aromatic rings. The molecule has 1 atom stereocenters. The summed E-state index contributed by atoms with van der Waals surface area (Å²) in [5.74, 6) is -1.03. The van der Waals surface area contributed by atoms with Crippen molar-refractivity contribution < 1.29 is 19.1 Å². The monoisotopic (exact) mass is 339 g/mol. The first-order valence-electron chi connectivity index (χ1n) is 7.51. The van der Waals surface area contributed by atoms with E-state index in [0.717, 1.165) is 15.8 Å². The third kappa shape index (κ3) is 2.76. The first-order valence-corrected chi connectivity index (χ1v) is 8.32. The molecule has 0 unspecified atom stereocenters. The minimum absolute atomic E-state index is 0.0773. The number of nitrogens with zero attached hydrogens (tertiary/aromatic N) is 1. The molecule has 2 aromatic carbocycles. The maximum absolute atomic E-state index is 12.2. The lowest BCUT2D eigenvalue weighted by atomic mass is 9.99. The van der Waals surface area contributed by atoms with Crippen LogP contribution in [0, 0.1) is 0 Å². The molecule has 0 radical (unpaired) electrons. The van der Waals surface area contributed by atoms with Crippen LogP contribution < -0.4 is 0 Å². The van der Waals surface area contributed by atoms with E-state index in [4.69, 9.17) is 9.47 Å². The number of para-hydroxylation sites is 1. The van der Waals surface area contributed by atoms with Crippen LogP contribution in [0.5, 0.6) is 0 Å². The van der Waals surface area contributed by atoms with Gasteiger partial charge in [-0.25, -0.2) is 14.6 Å². The first kappa shape index (κ1) is 14.8. The number of benzene rings is 2. The Labute approximate surface area is 141 Å². The zero-order chi connectivity index (χ0) is 16.5. The first-order chi connectivity index (χ1) is 11.7. The van der Waals surface area contributed by atoms with Crippen molar-refractivity contribution >= 4 is 33.5 Å². The number of fused-ring (bicyclic) bond motifs is 2. The zero-order valence-electron chi connectivity index (χ0n) is 12.6. The summed E-state index contributed by atoms with van der Waals surface area (Å²) in [6.07, 6.45) is -0.567. The number of hydrogen-bond donors (Lipinski definition) is 0. The molecule has 0 aliphatic carbocycles. The molecule has 24 heavy (non-hydrogen) atoms. The Balaban J connectivity index is 1.44. The van der Waals surface area contributed by atoms with Gasteiger partial charge in [0, 0.05) is 6.42 Å². The predicted molar refractivity (Wildman–Crippen MR) is 88.8 cm³/mol. The van der Waals surface area contributed by atoms with Gasteiger partial charge in [0.2, 0.25) is 6.10 Å². The van der Waals surface area contributed by atoms with Gasteiger partial charge >= 0.3 is 11.9 Å². The number of aromatic nitrogens is 1. The second-order valence-electron chi connectivity index (χ2n) is 5.44. The van der Waals surface area contributed by atoms with Gasteiger partial charge < -0.3 is 9.47 Å². The van der Waals surface area contributed by atoms with Crippen LogP contribution in [-0.4, -0.2) is 23.0 Å². The molecule has 0 N–H and O–H groups in total. The van der Waals surface area contributed by atoms with E-state index in [0.29, 0.717) is 17.0 Å². The Morgan fingerprint density at radius 2 is 2.00 bits per heavy atom. The molecule has 0 bridgehead atoms. The number of hydrogen-bond acceptors (Lipinski definition) is 6. The summed E-state index contributed by atoms with van der Waals surface area (Å²) in [6.45, 7) is 0.0773. The molecule has 1 aliphatic heterocycles. The normalized spacial score (nSPS) is 16.5. The van der Waals surface area contributed by atoms with Crippen molar-refractivity contribution in [1.29, 1.82) is 0 Å². The molecule has 5 nitrogen and oxygen atoms in total. The number of carbonyl (C=O) groups excluding carboxylic acids is 2. The van der Waals surface area contributed by atoms with E-state index in [1.54, 1.807) is 12.1 Å². The largest absolute Gasteiger partial charge is 0.456 e. The van der Waals surface area contributed by atoms with E-state index in [1.165, 1.54) is 11.3 Å². The van der Waals surface area contributed by atoms with Gasteiger partial charge in [0.25, 0.3) is 0 Å². The summed E-state index contributed by atoms with van der Waals surface area (Å²) in [5.41, 5.74) is 2.19. The second-order valence-corrected chi connectivity index (χ2v) is 6.55. The molecule has 6 heteroatoms. The number of cyclic esters (lactones) is 1. The summed E-state index contributed by atoms with van der Waals surface area (Å²) < 4.78 is 11.5. The topological polar surface area (TPSA) is 65.5 Å². The van der Waals surface area contributed by atoms with E-state index in [2.05, 4.69) is 4.98 Å². The third-order valence-corrected chi connectivity index (χ3v) is 4.84. The fraction of sp³-hybridized carbons (Fsp3) is 0.167. The van der Waals surface area contributed by atoms with Crippen LogP contribution in [0.4, 0.5) is 0 Å². The number of esters is 2. The molecule has 0 fully saturated rings. The maximum atomic E-state index is 12.2. The van der Waals surface area contributed by atoms with Crippen LogP contribution in [0.3, 0.4) is 0 Å². The van der Waals surface area contributed by atoms with Crippen LogP contribution in [-0.2, 0) is 27.3 Å². The number of ether oxygens (including phenoxy) is 2. The minimum Gasteiger partial charge on any atom is -0.456 e. The summed E-state index contributed by atoms with van der Waals surface area (Å²) in [6, 6.07) is 14.9. The summed E-state index contributed by atoms with van der Waals surface area (Å²) in [7, 11) is 0. The minimum atomic E-state index is -0.901. The Hall–Kier alpha value is -2.73. The number of rotatable bonds is 3. The third-order valence-electron chi connectivity index (χ3n) is 3.83. The molecular formula is C18H13NO4S. The van der Waals surface area contributed by atoms with E-state index < -0.39 is 18.0 Å². The molecule has 4 rings (SSSR count).